The number of rotatable bonds is 2. The summed E-state index contributed by atoms with van der Waals surface area (Å²) in [5.41, 5.74) is 3.23. The van der Waals surface area contributed by atoms with Crippen molar-refractivity contribution in [2.24, 2.45) is 0 Å². The van der Waals surface area contributed by atoms with Crippen molar-refractivity contribution in [3.8, 4) is 0 Å². The molecular formula is C11H12N2O. The minimum atomic E-state index is 0.327. The van der Waals surface area contributed by atoms with E-state index in [1.807, 2.05) is 19.1 Å². The van der Waals surface area contributed by atoms with Gasteiger partial charge >= 0.3 is 0 Å². The maximum absolute atomic E-state index is 10.5. The number of aryl methyl sites for hydroxylation is 2. The van der Waals surface area contributed by atoms with Gasteiger partial charge in [-0.2, -0.15) is 5.10 Å². The van der Waals surface area contributed by atoms with Gasteiger partial charge in [0.2, 0.25) is 0 Å². The molecule has 1 heterocycles. The average Bonchev–Trinajstić information content (AvgIpc) is 2.46. The van der Waals surface area contributed by atoms with E-state index in [1.165, 1.54) is 5.56 Å². The lowest BCUT2D eigenvalue weighted by molar-refractivity contribution is -0.108. The first-order valence-electron chi connectivity index (χ1n) is 4.60. The van der Waals surface area contributed by atoms with Gasteiger partial charge in [0, 0.05) is 5.39 Å². The van der Waals surface area contributed by atoms with Gasteiger partial charge in [0.05, 0.1) is 17.8 Å². The van der Waals surface area contributed by atoms with Gasteiger partial charge in [0.15, 0.2) is 0 Å². The molecule has 0 saturated carbocycles. The molecule has 0 aliphatic heterocycles. The van der Waals surface area contributed by atoms with E-state index in [4.69, 9.17) is 0 Å². The molecule has 0 aliphatic carbocycles. The normalized spacial score (nSPS) is 10.7. The minimum absolute atomic E-state index is 0.327. The highest BCUT2D eigenvalue weighted by Gasteiger charge is 2.07. The molecular weight excluding hydrogens is 176 g/mol. The Bertz CT molecular complexity index is 485. The molecule has 0 radical (unpaired) electrons. The number of hydrogen-bond acceptors (Lipinski definition) is 2. The number of carbonyl (C=O) groups excluding carboxylic acids is 1. The van der Waals surface area contributed by atoms with Crippen LogP contribution in [0, 0.1) is 13.8 Å². The minimum Gasteiger partial charge on any atom is -0.301 e. The van der Waals surface area contributed by atoms with Gasteiger partial charge in [-0.05, 0) is 25.5 Å². The van der Waals surface area contributed by atoms with Crippen molar-refractivity contribution in [2.75, 3.05) is 0 Å². The zero-order valence-corrected chi connectivity index (χ0v) is 8.32. The highest BCUT2D eigenvalue weighted by Crippen LogP contribution is 2.21. The molecule has 0 saturated heterocycles. The predicted octanol–water partition coefficient (Wildman–Crippen LogP) is 1.85. The van der Waals surface area contributed by atoms with Crippen LogP contribution in [0.5, 0.6) is 0 Å². The zero-order valence-electron chi connectivity index (χ0n) is 8.32. The van der Waals surface area contributed by atoms with Gasteiger partial charge < -0.3 is 4.79 Å². The molecule has 3 heteroatoms. The third-order valence-electron chi connectivity index (χ3n) is 2.41. The van der Waals surface area contributed by atoms with E-state index in [1.54, 1.807) is 4.68 Å². The van der Waals surface area contributed by atoms with Gasteiger partial charge in [-0.25, -0.2) is 0 Å². The Balaban J connectivity index is 2.77. The van der Waals surface area contributed by atoms with Crippen molar-refractivity contribution in [2.45, 2.75) is 20.4 Å². The molecule has 3 nitrogen and oxygen atoms in total. The van der Waals surface area contributed by atoms with Crippen LogP contribution in [-0.4, -0.2) is 16.1 Å². The van der Waals surface area contributed by atoms with E-state index >= 15 is 0 Å². The van der Waals surface area contributed by atoms with Crippen molar-refractivity contribution in [3.05, 3.63) is 29.5 Å². The number of aromatic nitrogens is 2. The largest absolute Gasteiger partial charge is 0.301 e. The van der Waals surface area contributed by atoms with Crippen LogP contribution in [0.25, 0.3) is 10.9 Å². The van der Waals surface area contributed by atoms with E-state index in [0.29, 0.717) is 6.54 Å². The Morgan fingerprint density at radius 2 is 2.21 bits per heavy atom. The van der Waals surface area contributed by atoms with E-state index in [-0.39, 0.29) is 0 Å². The van der Waals surface area contributed by atoms with E-state index in [9.17, 15) is 4.79 Å². The Kier molecular flexibility index (Phi) is 2.08. The summed E-state index contributed by atoms with van der Waals surface area (Å²) in [7, 11) is 0. The summed E-state index contributed by atoms with van der Waals surface area (Å²) in [4.78, 5) is 10.5. The van der Waals surface area contributed by atoms with Gasteiger partial charge in [-0.1, -0.05) is 12.1 Å². The summed E-state index contributed by atoms with van der Waals surface area (Å²) >= 11 is 0. The summed E-state index contributed by atoms with van der Waals surface area (Å²) in [6.07, 6.45) is 0.869. The molecule has 0 aliphatic rings. The first-order chi connectivity index (χ1) is 6.74. The molecule has 0 atom stereocenters. The Hall–Kier alpha value is -1.64. The van der Waals surface area contributed by atoms with Crippen LogP contribution in [0.15, 0.2) is 18.2 Å². The van der Waals surface area contributed by atoms with Crippen LogP contribution in [0.3, 0.4) is 0 Å². The number of aldehydes is 1. The molecule has 1 aromatic heterocycles. The Labute approximate surface area is 82.3 Å². The van der Waals surface area contributed by atoms with Crippen LogP contribution < -0.4 is 0 Å². The maximum atomic E-state index is 10.5. The van der Waals surface area contributed by atoms with E-state index in [2.05, 4.69) is 18.1 Å². The lowest BCUT2D eigenvalue weighted by Crippen LogP contribution is -2.00. The SMILES string of the molecule is Cc1cccc2c1c(C)nn2CC=O. The first kappa shape index (κ1) is 8.94. The number of hydrogen-bond donors (Lipinski definition) is 0. The number of carbonyl (C=O) groups is 1. The molecule has 2 rings (SSSR count). The highest BCUT2D eigenvalue weighted by atomic mass is 16.1. The fourth-order valence-electron chi connectivity index (χ4n) is 1.83. The summed E-state index contributed by atoms with van der Waals surface area (Å²) in [6, 6.07) is 6.04. The maximum Gasteiger partial charge on any atom is 0.141 e. The zero-order chi connectivity index (χ0) is 10.1. The van der Waals surface area contributed by atoms with Crippen molar-refractivity contribution in [1.82, 2.24) is 9.78 Å². The second-order valence-electron chi connectivity index (χ2n) is 3.40. The van der Waals surface area contributed by atoms with E-state index in [0.717, 1.165) is 22.9 Å². The van der Waals surface area contributed by atoms with Crippen molar-refractivity contribution < 1.29 is 4.79 Å². The lowest BCUT2D eigenvalue weighted by atomic mass is 10.1. The summed E-state index contributed by atoms with van der Waals surface area (Å²) in [5, 5.41) is 5.49. The molecule has 0 amide bonds. The molecule has 72 valence electrons. The third-order valence-corrected chi connectivity index (χ3v) is 2.41. The number of fused-ring (bicyclic) bond motifs is 1. The fourth-order valence-corrected chi connectivity index (χ4v) is 1.83. The van der Waals surface area contributed by atoms with Gasteiger partial charge in [-0.15, -0.1) is 0 Å². The van der Waals surface area contributed by atoms with Crippen LogP contribution >= 0.6 is 0 Å². The molecule has 0 unspecified atom stereocenters. The second kappa shape index (κ2) is 3.25. The van der Waals surface area contributed by atoms with Crippen LogP contribution in [0.4, 0.5) is 0 Å². The van der Waals surface area contributed by atoms with Crippen molar-refractivity contribution in [1.29, 1.82) is 0 Å². The molecule has 0 N–H and O–H groups in total. The standard InChI is InChI=1S/C11H12N2O/c1-8-4-3-5-10-11(8)9(2)12-13(10)6-7-14/h3-5,7H,6H2,1-2H3. The molecule has 2 aromatic rings. The monoisotopic (exact) mass is 188 g/mol. The predicted molar refractivity (Wildman–Crippen MR) is 55.3 cm³/mol. The highest BCUT2D eigenvalue weighted by molar-refractivity contribution is 5.85. The second-order valence-corrected chi connectivity index (χ2v) is 3.40. The smallest absolute Gasteiger partial charge is 0.141 e. The summed E-state index contributed by atoms with van der Waals surface area (Å²) in [6.45, 7) is 4.35. The quantitative estimate of drug-likeness (QED) is 0.674. The first-order valence-corrected chi connectivity index (χ1v) is 4.60. The number of benzene rings is 1. The van der Waals surface area contributed by atoms with E-state index < -0.39 is 0 Å². The molecule has 0 spiro atoms. The molecule has 0 bridgehead atoms. The van der Waals surface area contributed by atoms with Crippen LogP contribution in [-0.2, 0) is 11.3 Å². The lowest BCUT2D eigenvalue weighted by Gasteiger charge is -1.98. The Morgan fingerprint density at radius 3 is 2.93 bits per heavy atom. The molecule has 14 heavy (non-hydrogen) atoms. The van der Waals surface area contributed by atoms with Crippen molar-refractivity contribution in [3.63, 3.8) is 0 Å². The third kappa shape index (κ3) is 1.21. The van der Waals surface area contributed by atoms with Crippen LogP contribution in [0.2, 0.25) is 0 Å². The van der Waals surface area contributed by atoms with Crippen LogP contribution in [0.1, 0.15) is 11.3 Å². The average molecular weight is 188 g/mol. The van der Waals surface area contributed by atoms with Crippen molar-refractivity contribution >= 4 is 17.2 Å². The topological polar surface area (TPSA) is 34.9 Å². The summed E-state index contributed by atoms with van der Waals surface area (Å²) in [5.74, 6) is 0. The number of nitrogens with zero attached hydrogens (tertiary/aromatic N) is 2. The molecule has 0 fully saturated rings. The molecule has 1 aromatic carbocycles. The fraction of sp³-hybridized carbons (Fsp3) is 0.273. The Morgan fingerprint density at radius 1 is 1.43 bits per heavy atom. The van der Waals surface area contributed by atoms with Gasteiger partial charge in [0.25, 0.3) is 0 Å². The van der Waals surface area contributed by atoms with Gasteiger partial charge in [0.1, 0.15) is 6.29 Å². The van der Waals surface area contributed by atoms with Gasteiger partial charge in [-0.3, -0.25) is 4.68 Å². The summed E-state index contributed by atoms with van der Waals surface area (Å²) < 4.78 is 1.74.